The van der Waals surface area contributed by atoms with Gasteiger partial charge in [0.2, 0.25) is 53.2 Å². The maximum atomic E-state index is 14.4. The molecule has 17 N–H and O–H groups in total. The molecule has 0 bridgehead atoms. The second kappa shape index (κ2) is 27.2. The Kier molecular flexibility index (Phi) is 22.9. The van der Waals surface area contributed by atoms with Crippen molar-refractivity contribution in [1.29, 1.82) is 0 Å². The molecule has 9 atom stereocenters. The van der Waals surface area contributed by atoms with Gasteiger partial charge in [0, 0.05) is 13.0 Å². The highest BCUT2D eigenvalue weighted by Crippen LogP contribution is 2.21. The average molecular weight is 920 g/mol. The number of nitrogens with zero attached hydrogens (tertiary/aromatic N) is 1. The molecule has 0 aliphatic carbocycles. The largest absolute Gasteiger partial charge is 0.480 e. The number of rotatable bonds is 28. The molecule has 1 saturated heterocycles. The van der Waals surface area contributed by atoms with Crippen molar-refractivity contribution in [2.45, 2.75) is 133 Å². The standard InChI is InChI=1S/C41H65N11O13/c1-21(2)16-28(41(64)65)49-39(62)33(22(3)54)51-38(61)30-13-9-15-52(30)40(63)27(17-23-10-5-4-6-11-23)48-36(59)26(19-32(45)56)47-35(58)25(12-7-8-14-42)46-37(60)29(20-53)50-34(57)24(43)18-31(44)55/h4-6,10-11,21-22,24-30,33,53-54H,7-9,12-20,42-43H2,1-3H3,(H2,44,55)(H2,45,56)(H,46,60)(H,47,58)(H,48,59)(H,49,62)(H,50,57)(H,51,61)(H,64,65)/t22-,24+,25+,26+,27+,28+,29+,30+,33+/m1/s1. The minimum atomic E-state index is -1.73. The molecule has 1 heterocycles. The van der Waals surface area contributed by atoms with Gasteiger partial charge in [0.15, 0.2) is 0 Å². The average Bonchev–Trinajstić information content (AvgIpc) is 3.73. The number of benzene rings is 1. The van der Waals surface area contributed by atoms with Gasteiger partial charge in [0.05, 0.1) is 31.6 Å². The van der Waals surface area contributed by atoms with Crippen LogP contribution in [-0.2, 0) is 54.4 Å². The van der Waals surface area contributed by atoms with Crippen molar-refractivity contribution in [1.82, 2.24) is 36.8 Å². The van der Waals surface area contributed by atoms with E-state index >= 15 is 0 Å². The summed E-state index contributed by atoms with van der Waals surface area (Å²) in [6.07, 6.45) is -1.89. The number of primary amides is 2. The highest BCUT2D eigenvalue weighted by molar-refractivity contribution is 5.99. The van der Waals surface area contributed by atoms with Crippen molar-refractivity contribution in [3.8, 4) is 0 Å². The number of nitrogens with two attached hydrogens (primary N) is 4. The van der Waals surface area contributed by atoms with Crippen molar-refractivity contribution in [2.24, 2.45) is 28.9 Å². The number of nitrogens with one attached hydrogen (secondary N) is 6. The first-order valence-electron chi connectivity index (χ1n) is 21.3. The topological polar surface area (TPSA) is 411 Å². The number of hydrogen-bond acceptors (Lipinski definition) is 14. The highest BCUT2D eigenvalue weighted by atomic mass is 16.4. The van der Waals surface area contributed by atoms with E-state index < -0.39 is 133 Å². The van der Waals surface area contributed by atoms with E-state index in [1.807, 2.05) is 0 Å². The predicted molar refractivity (Wildman–Crippen MR) is 231 cm³/mol. The Morgan fingerprint density at radius 1 is 0.723 bits per heavy atom. The fourth-order valence-corrected chi connectivity index (χ4v) is 6.93. The van der Waals surface area contributed by atoms with Gasteiger partial charge in [-0.05, 0) is 63.5 Å². The van der Waals surface area contributed by atoms with E-state index in [-0.39, 0.29) is 51.1 Å². The first kappa shape index (κ1) is 54.9. The Hall–Kier alpha value is -6.24. The van der Waals surface area contributed by atoms with Crippen LogP contribution in [0.3, 0.4) is 0 Å². The molecule has 24 heteroatoms. The van der Waals surface area contributed by atoms with Crippen LogP contribution in [0.1, 0.15) is 77.7 Å². The number of aliphatic hydroxyl groups excluding tert-OH is 2. The van der Waals surface area contributed by atoms with E-state index in [1.54, 1.807) is 44.2 Å². The number of carboxylic acids is 1. The van der Waals surface area contributed by atoms with Gasteiger partial charge in [-0.1, -0.05) is 44.2 Å². The van der Waals surface area contributed by atoms with E-state index in [0.717, 1.165) is 0 Å². The van der Waals surface area contributed by atoms with E-state index in [0.29, 0.717) is 18.4 Å². The molecule has 1 aromatic rings. The summed E-state index contributed by atoms with van der Waals surface area (Å²) in [4.78, 5) is 131. The predicted octanol–water partition coefficient (Wildman–Crippen LogP) is -5.16. The number of carbonyl (C=O) groups is 10. The van der Waals surface area contributed by atoms with E-state index in [2.05, 4.69) is 31.9 Å². The van der Waals surface area contributed by atoms with Crippen LogP contribution in [0.15, 0.2) is 30.3 Å². The fraction of sp³-hybridized carbons (Fsp3) is 0.610. The Morgan fingerprint density at radius 2 is 1.28 bits per heavy atom. The zero-order valence-corrected chi connectivity index (χ0v) is 36.8. The van der Waals surface area contributed by atoms with Crippen molar-refractivity contribution in [3.05, 3.63) is 35.9 Å². The van der Waals surface area contributed by atoms with Crippen LogP contribution in [0, 0.1) is 5.92 Å². The van der Waals surface area contributed by atoms with Crippen molar-refractivity contribution in [3.63, 3.8) is 0 Å². The van der Waals surface area contributed by atoms with Gasteiger partial charge in [-0.2, -0.15) is 0 Å². The second-order valence-electron chi connectivity index (χ2n) is 16.3. The van der Waals surface area contributed by atoms with Crippen LogP contribution < -0.4 is 54.8 Å². The third kappa shape index (κ3) is 18.4. The molecule has 0 unspecified atom stereocenters. The molecular weight excluding hydrogens is 855 g/mol. The third-order valence-electron chi connectivity index (χ3n) is 10.3. The molecule has 1 aliphatic heterocycles. The maximum Gasteiger partial charge on any atom is 0.326 e. The van der Waals surface area contributed by atoms with Gasteiger partial charge < -0.3 is 75.1 Å². The Labute approximate surface area is 376 Å². The van der Waals surface area contributed by atoms with Crippen LogP contribution in [-0.4, -0.2) is 153 Å². The number of carboxylic acid groups (broad SMARTS) is 1. The summed E-state index contributed by atoms with van der Waals surface area (Å²) < 4.78 is 0. The number of aliphatic carboxylic acids is 1. The van der Waals surface area contributed by atoms with Gasteiger partial charge in [-0.25, -0.2) is 4.79 Å². The summed E-state index contributed by atoms with van der Waals surface area (Å²) in [5.74, 6) is -10.0. The quantitative estimate of drug-likeness (QED) is 0.0350. The summed E-state index contributed by atoms with van der Waals surface area (Å²) >= 11 is 0. The second-order valence-corrected chi connectivity index (χ2v) is 16.3. The van der Waals surface area contributed by atoms with Crippen molar-refractivity contribution < 1.29 is 63.3 Å². The lowest BCUT2D eigenvalue weighted by atomic mass is 10.0. The summed E-state index contributed by atoms with van der Waals surface area (Å²) in [5, 5.41) is 44.3. The summed E-state index contributed by atoms with van der Waals surface area (Å²) in [7, 11) is 0. The molecule has 24 nitrogen and oxygen atoms in total. The molecule has 1 aliphatic rings. The zero-order valence-electron chi connectivity index (χ0n) is 36.8. The molecule has 2 rings (SSSR count). The SMILES string of the molecule is CC(C)C[C@H](NC(=O)[C@@H](NC(=O)[C@@H]1CCCN1C(=O)[C@H](Cc1ccccc1)NC(=O)[C@H](CC(N)=O)NC(=O)[C@H](CCCCN)NC(=O)[C@H](CO)NC(=O)[C@@H](N)CC(N)=O)[C@@H](C)O)C(=O)O. The van der Waals surface area contributed by atoms with Gasteiger partial charge in [-0.15, -0.1) is 0 Å². The van der Waals surface area contributed by atoms with E-state index in [4.69, 9.17) is 22.9 Å². The molecule has 1 fully saturated rings. The maximum absolute atomic E-state index is 14.4. The van der Waals surface area contributed by atoms with Crippen LogP contribution in [0.2, 0.25) is 0 Å². The molecule has 1 aromatic carbocycles. The van der Waals surface area contributed by atoms with Crippen LogP contribution in [0.25, 0.3) is 0 Å². The normalized spacial score (nSPS) is 17.2. The summed E-state index contributed by atoms with van der Waals surface area (Å²) in [6, 6.07) is -3.40. The van der Waals surface area contributed by atoms with Gasteiger partial charge in [0.1, 0.15) is 42.3 Å². The first-order valence-corrected chi connectivity index (χ1v) is 21.3. The number of amides is 9. The summed E-state index contributed by atoms with van der Waals surface area (Å²) in [6.45, 7) is 4.01. The number of carbonyl (C=O) groups excluding carboxylic acids is 9. The molecule has 0 radical (unpaired) electrons. The smallest absolute Gasteiger partial charge is 0.326 e. The van der Waals surface area contributed by atoms with Gasteiger partial charge in [-0.3, -0.25) is 43.2 Å². The molecule has 9 amide bonds. The number of unbranched alkanes of at least 4 members (excludes halogenated alkanes) is 1. The molecular formula is C41H65N11O13. The number of hydrogen-bond donors (Lipinski definition) is 13. The first-order chi connectivity index (χ1) is 30.6. The van der Waals surface area contributed by atoms with Crippen molar-refractivity contribution in [2.75, 3.05) is 19.7 Å². The van der Waals surface area contributed by atoms with Crippen LogP contribution in [0.4, 0.5) is 0 Å². The van der Waals surface area contributed by atoms with Crippen molar-refractivity contribution >= 4 is 59.1 Å². The minimum Gasteiger partial charge on any atom is -0.480 e. The summed E-state index contributed by atoms with van der Waals surface area (Å²) in [5.41, 5.74) is 22.4. The number of likely N-dealkylation sites (tertiary alicyclic amines) is 1. The molecule has 0 aromatic heterocycles. The lowest BCUT2D eigenvalue weighted by Crippen LogP contribution is -2.61. The Morgan fingerprint density at radius 3 is 1.83 bits per heavy atom. The molecule has 0 spiro atoms. The van der Waals surface area contributed by atoms with Crippen LogP contribution in [0.5, 0.6) is 0 Å². The molecule has 0 saturated carbocycles. The van der Waals surface area contributed by atoms with E-state index in [1.165, 1.54) is 11.8 Å². The lowest BCUT2D eigenvalue weighted by molar-refractivity contribution is -0.144. The fourth-order valence-electron chi connectivity index (χ4n) is 6.93. The van der Waals surface area contributed by atoms with Crippen LogP contribution >= 0.6 is 0 Å². The van der Waals surface area contributed by atoms with E-state index in [9.17, 15) is 63.3 Å². The number of aliphatic hydroxyl groups is 2. The molecule has 65 heavy (non-hydrogen) atoms. The lowest BCUT2D eigenvalue weighted by Gasteiger charge is -2.31. The zero-order chi connectivity index (χ0) is 49.0. The van der Waals surface area contributed by atoms with Gasteiger partial charge in [0.25, 0.3) is 0 Å². The third-order valence-corrected chi connectivity index (χ3v) is 10.3. The Balaban J connectivity index is 2.39. The molecule has 362 valence electrons. The monoisotopic (exact) mass is 919 g/mol. The minimum absolute atomic E-state index is 0.0249. The Bertz CT molecular complexity index is 1830. The van der Waals surface area contributed by atoms with Gasteiger partial charge >= 0.3 is 5.97 Å². The highest BCUT2D eigenvalue weighted by Gasteiger charge is 2.41.